The van der Waals surface area contributed by atoms with Gasteiger partial charge in [0.1, 0.15) is 0 Å². The molecule has 1 aromatic rings. The Morgan fingerprint density at radius 2 is 2.29 bits per heavy atom. The summed E-state index contributed by atoms with van der Waals surface area (Å²) in [6.07, 6.45) is 0. The van der Waals surface area contributed by atoms with E-state index in [1.54, 1.807) is 12.1 Å². The van der Waals surface area contributed by atoms with Crippen molar-refractivity contribution in [2.45, 2.75) is 6.92 Å². The van der Waals surface area contributed by atoms with Crippen LogP contribution in [0.2, 0.25) is 4.34 Å². The van der Waals surface area contributed by atoms with Gasteiger partial charge in [-0.2, -0.15) is 0 Å². The average Bonchev–Trinajstić information content (AvgIpc) is 2.59. The van der Waals surface area contributed by atoms with E-state index in [1.807, 2.05) is 6.92 Å². The fourth-order valence-electron chi connectivity index (χ4n) is 0.965. The fourth-order valence-corrected chi connectivity index (χ4v) is 1.92. The first kappa shape index (κ1) is 11.5. The normalized spacial score (nSPS) is 10.1. The number of nitrogens with one attached hydrogen (secondary N) is 2. The van der Waals surface area contributed by atoms with Crippen LogP contribution in [0.1, 0.15) is 16.6 Å². The van der Waals surface area contributed by atoms with E-state index in [1.165, 1.54) is 11.3 Å². The molecule has 3 nitrogen and oxygen atoms in total. The van der Waals surface area contributed by atoms with Crippen LogP contribution in [0, 0.1) is 0 Å². The molecule has 1 aromatic heterocycles. The summed E-state index contributed by atoms with van der Waals surface area (Å²) in [7, 11) is 0. The largest absolute Gasteiger partial charge is 0.350 e. The Morgan fingerprint density at radius 1 is 1.50 bits per heavy atom. The number of carbonyl (C=O) groups is 1. The Labute approximate surface area is 92.5 Å². The van der Waals surface area contributed by atoms with Gasteiger partial charge in [0.25, 0.3) is 5.91 Å². The number of amides is 1. The number of rotatable bonds is 5. The predicted octanol–water partition coefficient (Wildman–Crippen LogP) is 1.74. The van der Waals surface area contributed by atoms with E-state index in [9.17, 15) is 4.79 Å². The number of hydrogen-bond donors (Lipinski definition) is 2. The van der Waals surface area contributed by atoms with Crippen LogP contribution in [0.25, 0.3) is 0 Å². The maximum Gasteiger partial charge on any atom is 0.261 e. The lowest BCUT2D eigenvalue weighted by Crippen LogP contribution is -2.31. The summed E-state index contributed by atoms with van der Waals surface area (Å²) in [5.74, 6) is -0.0557. The number of likely N-dealkylation sites (N-methyl/N-ethyl adjacent to an activating group) is 1. The maximum atomic E-state index is 11.4. The van der Waals surface area contributed by atoms with E-state index in [0.717, 1.165) is 13.1 Å². The predicted molar refractivity (Wildman–Crippen MR) is 60.2 cm³/mol. The van der Waals surface area contributed by atoms with Crippen molar-refractivity contribution in [1.82, 2.24) is 10.6 Å². The molecule has 78 valence electrons. The molecule has 1 amide bonds. The molecule has 0 saturated heterocycles. The summed E-state index contributed by atoms with van der Waals surface area (Å²) >= 11 is 7.01. The molecule has 5 heteroatoms. The first-order chi connectivity index (χ1) is 6.74. The zero-order valence-electron chi connectivity index (χ0n) is 7.97. The van der Waals surface area contributed by atoms with Crippen molar-refractivity contribution in [3.8, 4) is 0 Å². The van der Waals surface area contributed by atoms with Crippen molar-refractivity contribution >= 4 is 28.8 Å². The maximum absolute atomic E-state index is 11.4. The van der Waals surface area contributed by atoms with Crippen LogP contribution < -0.4 is 10.6 Å². The second-order valence-corrected chi connectivity index (χ2v) is 4.43. The van der Waals surface area contributed by atoms with E-state index in [4.69, 9.17) is 11.6 Å². The summed E-state index contributed by atoms with van der Waals surface area (Å²) in [6.45, 7) is 4.38. The van der Waals surface area contributed by atoms with E-state index in [0.29, 0.717) is 15.8 Å². The van der Waals surface area contributed by atoms with Crippen molar-refractivity contribution in [3.63, 3.8) is 0 Å². The third-order valence-electron chi connectivity index (χ3n) is 1.63. The molecule has 0 aliphatic carbocycles. The molecule has 0 fully saturated rings. The molecule has 1 rings (SSSR count). The number of hydrogen-bond acceptors (Lipinski definition) is 3. The van der Waals surface area contributed by atoms with Crippen molar-refractivity contribution in [1.29, 1.82) is 0 Å². The Bertz CT molecular complexity index is 301. The first-order valence-electron chi connectivity index (χ1n) is 4.48. The minimum atomic E-state index is -0.0557. The lowest BCUT2D eigenvalue weighted by molar-refractivity contribution is 0.0958. The monoisotopic (exact) mass is 232 g/mol. The molecule has 0 aliphatic heterocycles. The van der Waals surface area contributed by atoms with Crippen molar-refractivity contribution < 1.29 is 4.79 Å². The quantitative estimate of drug-likeness (QED) is 0.760. The molecule has 0 unspecified atom stereocenters. The zero-order valence-corrected chi connectivity index (χ0v) is 9.54. The van der Waals surface area contributed by atoms with E-state index < -0.39 is 0 Å². The third-order valence-corrected chi connectivity index (χ3v) is 2.86. The van der Waals surface area contributed by atoms with Gasteiger partial charge in [0, 0.05) is 13.1 Å². The third kappa shape index (κ3) is 3.65. The van der Waals surface area contributed by atoms with Gasteiger partial charge in [-0.3, -0.25) is 4.79 Å². The van der Waals surface area contributed by atoms with Gasteiger partial charge in [-0.15, -0.1) is 11.3 Å². The summed E-state index contributed by atoms with van der Waals surface area (Å²) in [5, 5.41) is 5.92. The van der Waals surface area contributed by atoms with Gasteiger partial charge in [0.15, 0.2) is 0 Å². The van der Waals surface area contributed by atoms with Crippen LogP contribution in [-0.2, 0) is 0 Å². The zero-order chi connectivity index (χ0) is 10.4. The number of carbonyl (C=O) groups excluding carboxylic acids is 1. The van der Waals surface area contributed by atoms with Gasteiger partial charge in [-0.25, -0.2) is 0 Å². The smallest absolute Gasteiger partial charge is 0.261 e. The minimum absolute atomic E-state index is 0.0557. The lowest BCUT2D eigenvalue weighted by Gasteiger charge is -2.03. The standard InChI is InChI=1S/C9H13ClN2OS/c1-2-11-5-6-12-9(13)7-3-4-8(10)14-7/h3-4,11H,2,5-6H2,1H3,(H,12,13). The van der Waals surface area contributed by atoms with Gasteiger partial charge in [-0.1, -0.05) is 18.5 Å². The fraction of sp³-hybridized carbons (Fsp3) is 0.444. The van der Waals surface area contributed by atoms with Crippen LogP contribution >= 0.6 is 22.9 Å². The summed E-state index contributed by atoms with van der Waals surface area (Å²) < 4.78 is 0.641. The van der Waals surface area contributed by atoms with Gasteiger partial charge >= 0.3 is 0 Å². The Morgan fingerprint density at radius 3 is 2.86 bits per heavy atom. The second-order valence-electron chi connectivity index (χ2n) is 2.71. The SMILES string of the molecule is CCNCCNC(=O)c1ccc(Cl)s1. The Balaban J connectivity index is 2.29. The lowest BCUT2D eigenvalue weighted by atomic mass is 10.4. The van der Waals surface area contributed by atoms with Gasteiger partial charge in [0.05, 0.1) is 9.21 Å². The van der Waals surface area contributed by atoms with Crippen LogP contribution in [0.4, 0.5) is 0 Å². The van der Waals surface area contributed by atoms with Crippen molar-refractivity contribution in [2.24, 2.45) is 0 Å². The summed E-state index contributed by atoms with van der Waals surface area (Å²) in [6, 6.07) is 3.46. The van der Waals surface area contributed by atoms with Gasteiger partial charge < -0.3 is 10.6 Å². The van der Waals surface area contributed by atoms with E-state index >= 15 is 0 Å². The van der Waals surface area contributed by atoms with Gasteiger partial charge in [-0.05, 0) is 18.7 Å². The second kappa shape index (κ2) is 6.01. The molecular weight excluding hydrogens is 220 g/mol. The molecule has 0 saturated carbocycles. The van der Waals surface area contributed by atoms with E-state index in [-0.39, 0.29) is 5.91 Å². The van der Waals surface area contributed by atoms with Crippen LogP contribution in [0.15, 0.2) is 12.1 Å². The minimum Gasteiger partial charge on any atom is -0.350 e. The molecule has 14 heavy (non-hydrogen) atoms. The highest BCUT2D eigenvalue weighted by atomic mass is 35.5. The highest BCUT2D eigenvalue weighted by molar-refractivity contribution is 7.17. The van der Waals surface area contributed by atoms with Crippen LogP contribution in [-0.4, -0.2) is 25.5 Å². The van der Waals surface area contributed by atoms with Crippen LogP contribution in [0.3, 0.4) is 0 Å². The molecule has 1 heterocycles. The highest BCUT2D eigenvalue weighted by Gasteiger charge is 2.06. The highest BCUT2D eigenvalue weighted by Crippen LogP contribution is 2.20. The number of thiophene rings is 1. The molecule has 0 atom stereocenters. The Hall–Kier alpha value is -0.580. The topological polar surface area (TPSA) is 41.1 Å². The van der Waals surface area contributed by atoms with Crippen molar-refractivity contribution in [3.05, 3.63) is 21.3 Å². The first-order valence-corrected chi connectivity index (χ1v) is 5.67. The van der Waals surface area contributed by atoms with Gasteiger partial charge in [0.2, 0.25) is 0 Å². The molecule has 0 aliphatic rings. The molecule has 2 N–H and O–H groups in total. The molecule has 0 bridgehead atoms. The molecule has 0 aromatic carbocycles. The Kier molecular flexibility index (Phi) is 4.93. The van der Waals surface area contributed by atoms with E-state index in [2.05, 4.69) is 10.6 Å². The molecular formula is C9H13ClN2OS. The summed E-state index contributed by atoms with van der Waals surface area (Å²) in [4.78, 5) is 12.1. The van der Waals surface area contributed by atoms with Crippen LogP contribution in [0.5, 0.6) is 0 Å². The summed E-state index contributed by atoms with van der Waals surface area (Å²) in [5.41, 5.74) is 0. The average molecular weight is 233 g/mol. The molecule has 0 radical (unpaired) electrons. The number of halogens is 1. The van der Waals surface area contributed by atoms with Crippen molar-refractivity contribution in [2.75, 3.05) is 19.6 Å². The molecule has 0 spiro atoms.